The van der Waals surface area contributed by atoms with Gasteiger partial charge in [-0.2, -0.15) is 0 Å². The highest BCUT2D eigenvalue weighted by atomic mass is 32.1. The van der Waals surface area contributed by atoms with Gasteiger partial charge in [-0.25, -0.2) is 4.98 Å². The normalized spacial score (nSPS) is 22.3. The highest BCUT2D eigenvalue weighted by Crippen LogP contribution is 2.38. The van der Waals surface area contributed by atoms with Crippen molar-refractivity contribution in [3.05, 3.63) is 51.7 Å². The number of carbonyl (C=O) groups excluding carboxylic acids is 2. The second-order valence-electron chi connectivity index (χ2n) is 7.34. The van der Waals surface area contributed by atoms with Crippen molar-refractivity contribution < 1.29 is 9.59 Å². The van der Waals surface area contributed by atoms with Gasteiger partial charge in [-0.3, -0.25) is 9.59 Å². The number of benzene rings is 1. The van der Waals surface area contributed by atoms with Crippen LogP contribution < -0.4 is 0 Å². The third-order valence-electron chi connectivity index (χ3n) is 5.66. The molecule has 2 aliphatic rings. The van der Waals surface area contributed by atoms with Crippen molar-refractivity contribution in [1.29, 1.82) is 0 Å². The first-order valence-electron chi connectivity index (χ1n) is 9.73. The van der Waals surface area contributed by atoms with Gasteiger partial charge in [0, 0.05) is 13.1 Å². The van der Waals surface area contributed by atoms with Crippen LogP contribution in [0.5, 0.6) is 0 Å². The minimum absolute atomic E-state index is 0.0124. The van der Waals surface area contributed by atoms with E-state index in [4.69, 9.17) is 4.98 Å². The predicted molar refractivity (Wildman–Crippen MR) is 112 cm³/mol. The van der Waals surface area contributed by atoms with Crippen molar-refractivity contribution in [2.45, 2.75) is 37.8 Å². The van der Waals surface area contributed by atoms with E-state index >= 15 is 0 Å². The van der Waals surface area contributed by atoms with E-state index in [1.165, 1.54) is 11.3 Å². The van der Waals surface area contributed by atoms with E-state index in [1.54, 1.807) is 16.2 Å². The number of para-hydroxylation sites is 1. The maximum Gasteiger partial charge on any atom is 0.264 e. The van der Waals surface area contributed by atoms with Gasteiger partial charge in [0.05, 0.1) is 21.1 Å². The molecule has 1 aromatic carbocycles. The summed E-state index contributed by atoms with van der Waals surface area (Å²) < 4.78 is 1.16. The van der Waals surface area contributed by atoms with Crippen LogP contribution in [0.25, 0.3) is 10.2 Å². The lowest BCUT2D eigenvalue weighted by Crippen LogP contribution is -2.47. The lowest BCUT2D eigenvalue weighted by atomic mass is 10.1. The van der Waals surface area contributed by atoms with Gasteiger partial charge in [0.25, 0.3) is 5.91 Å². The lowest BCUT2D eigenvalue weighted by Gasteiger charge is -2.30. The average molecular weight is 412 g/mol. The Balaban J connectivity index is 1.39. The molecule has 144 valence electrons. The Labute approximate surface area is 171 Å². The number of thiazole rings is 1. The summed E-state index contributed by atoms with van der Waals surface area (Å²) in [6, 6.07) is 11.5. The first-order chi connectivity index (χ1) is 13.7. The molecule has 0 radical (unpaired) electrons. The van der Waals surface area contributed by atoms with Crippen LogP contribution in [-0.4, -0.2) is 45.7 Å². The summed E-state index contributed by atoms with van der Waals surface area (Å²) in [6.07, 6.45) is 3.56. The Morgan fingerprint density at radius 3 is 2.64 bits per heavy atom. The van der Waals surface area contributed by atoms with Gasteiger partial charge in [-0.05, 0) is 49.3 Å². The molecule has 2 atom stereocenters. The number of rotatable bonds is 3. The Morgan fingerprint density at radius 1 is 1.00 bits per heavy atom. The van der Waals surface area contributed by atoms with E-state index < -0.39 is 0 Å². The van der Waals surface area contributed by atoms with Crippen LogP contribution in [0.1, 0.15) is 46.4 Å². The monoisotopic (exact) mass is 411 g/mol. The summed E-state index contributed by atoms with van der Waals surface area (Å²) in [4.78, 5) is 35.6. The molecular formula is C21H21N3O2S2. The molecule has 2 aromatic heterocycles. The molecule has 0 bridgehead atoms. The van der Waals surface area contributed by atoms with E-state index in [1.807, 2.05) is 40.6 Å². The van der Waals surface area contributed by atoms with E-state index in [2.05, 4.69) is 6.07 Å². The molecule has 4 heterocycles. The molecule has 0 N–H and O–H groups in total. The Bertz CT molecular complexity index is 981. The summed E-state index contributed by atoms with van der Waals surface area (Å²) in [5.74, 6) is 0.0748. The standard InChI is InChI=1S/C21H21N3O2S2/c25-20(16-8-4-12-24(16)21(26)18-10-5-13-27-18)23-11-3-7-15(23)19-22-14-6-1-2-9-17(14)28-19/h1-2,5-6,9-10,13,15-16H,3-4,7-8,11-12H2/t15-,16-/m0/s1. The molecular weight excluding hydrogens is 390 g/mol. The minimum atomic E-state index is -0.343. The fourth-order valence-electron chi connectivity index (χ4n) is 4.32. The molecule has 28 heavy (non-hydrogen) atoms. The Hall–Kier alpha value is -2.25. The van der Waals surface area contributed by atoms with Gasteiger partial charge in [0.15, 0.2) is 0 Å². The zero-order valence-corrected chi connectivity index (χ0v) is 17.0. The zero-order chi connectivity index (χ0) is 19.1. The molecule has 2 saturated heterocycles. The van der Waals surface area contributed by atoms with Crippen LogP contribution in [0.3, 0.4) is 0 Å². The van der Waals surface area contributed by atoms with E-state index in [0.29, 0.717) is 11.4 Å². The molecule has 0 aliphatic carbocycles. The largest absolute Gasteiger partial charge is 0.331 e. The third-order valence-corrected chi connectivity index (χ3v) is 7.66. The van der Waals surface area contributed by atoms with Crippen LogP contribution in [0.2, 0.25) is 0 Å². The second kappa shape index (κ2) is 7.29. The number of hydrogen-bond acceptors (Lipinski definition) is 5. The summed E-state index contributed by atoms with van der Waals surface area (Å²) in [5.41, 5.74) is 0.997. The average Bonchev–Trinajstić information content (AvgIpc) is 3.51. The van der Waals surface area contributed by atoms with Gasteiger partial charge < -0.3 is 9.80 Å². The van der Waals surface area contributed by atoms with Crippen molar-refractivity contribution in [1.82, 2.24) is 14.8 Å². The maximum atomic E-state index is 13.4. The SMILES string of the molecule is O=C(c1cccs1)N1CCC[C@H]1C(=O)N1CCC[C@H]1c1nc2ccccc2s1. The van der Waals surface area contributed by atoms with Crippen LogP contribution in [0, 0.1) is 0 Å². The van der Waals surface area contributed by atoms with Crippen LogP contribution >= 0.6 is 22.7 Å². The fraction of sp³-hybridized carbons (Fsp3) is 0.381. The Morgan fingerprint density at radius 2 is 1.82 bits per heavy atom. The number of carbonyl (C=O) groups is 2. The summed E-state index contributed by atoms with van der Waals surface area (Å²) in [6.45, 7) is 1.41. The highest BCUT2D eigenvalue weighted by molar-refractivity contribution is 7.18. The van der Waals surface area contributed by atoms with Crippen LogP contribution in [0.15, 0.2) is 41.8 Å². The number of likely N-dealkylation sites (tertiary alicyclic amines) is 2. The maximum absolute atomic E-state index is 13.4. The smallest absolute Gasteiger partial charge is 0.264 e. The molecule has 2 amide bonds. The van der Waals surface area contributed by atoms with Crippen molar-refractivity contribution in [2.75, 3.05) is 13.1 Å². The predicted octanol–water partition coefficient (Wildman–Crippen LogP) is 4.33. The lowest BCUT2D eigenvalue weighted by molar-refractivity contribution is -0.136. The van der Waals surface area contributed by atoms with Crippen molar-refractivity contribution >= 4 is 44.7 Å². The Kier molecular flexibility index (Phi) is 4.64. The van der Waals surface area contributed by atoms with E-state index in [-0.39, 0.29) is 23.9 Å². The van der Waals surface area contributed by atoms with Crippen LogP contribution in [0.4, 0.5) is 0 Å². The number of amides is 2. The van der Waals surface area contributed by atoms with Gasteiger partial charge in [-0.1, -0.05) is 18.2 Å². The number of fused-ring (bicyclic) bond motifs is 1. The zero-order valence-electron chi connectivity index (χ0n) is 15.4. The summed E-state index contributed by atoms with van der Waals surface area (Å²) in [7, 11) is 0. The molecule has 0 unspecified atom stereocenters. The summed E-state index contributed by atoms with van der Waals surface area (Å²) in [5, 5.41) is 2.92. The van der Waals surface area contributed by atoms with Crippen molar-refractivity contribution in [3.63, 3.8) is 0 Å². The first-order valence-corrected chi connectivity index (χ1v) is 11.4. The fourth-order valence-corrected chi connectivity index (χ4v) is 6.11. The van der Waals surface area contributed by atoms with Crippen molar-refractivity contribution in [2.24, 2.45) is 0 Å². The van der Waals surface area contributed by atoms with E-state index in [9.17, 15) is 9.59 Å². The van der Waals surface area contributed by atoms with Crippen LogP contribution in [-0.2, 0) is 4.79 Å². The molecule has 2 fully saturated rings. The number of aromatic nitrogens is 1. The van der Waals surface area contributed by atoms with Crippen molar-refractivity contribution in [3.8, 4) is 0 Å². The second-order valence-corrected chi connectivity index (χ2v) is 9.35. The number of thiophene rings is 1. The number of hydrogen-bond donors (Lipinski definition) is 0. The minimum Gasteiger partial charge on any atom is -0.331 e. The third kappa shape index (κ3) is 3.02. The molecule has 0 spiro atoms. The number of nitrogens with zero attached hydrogens (tertiary/aromatic N) is 3. The molecule has 0 saturated carbocycles. The van der Waals surface area contributed by atoms with Gasteiger partial charge in [0.1, 0.15) is 11.0 Å². The molecule has 5 rings (SSSR count). The summed E-state index contributed by atoms with van der Waals surface area (Å²) >= 11 is 3.12. The molecule has 7 heteroatoms. The van der Waals surface area contributed by atoms with Gasteiger partial charge in [0.2, 0.25) is 5.91 Å². The van der Waals surface area contributed by atoms with Gasteiger partial charge >= 0.3 is 0 Å². The molecule has 2 aliphatic heterocycles. The quantitative estimate of drug-likeness (QED) is 0.645. The first kappa shape index (κ1) is 17.8. The molecule has 5 nitrogen and oxygen atoms in total. The van der Waals surface area contributed by atoms with E-state index in [0.717, 1.165) is 47.5 Å². The van der Waals surface area contributed by atoms with Gasteiger partial charge in [-0.15, -0.1) is 22.7 Å². The topological polar surface area (TPSA) is 53.5 Å². The molecule has 3 aromatic rings. The highest BCUT2D eigenvalue weighted by Gasteiger charge is 2.41.